The summed E-state index contributed by atoms with van der Waals surface area (Å²) >= 11 is 0. The van der Waals surface area contributed by atoms with Crippen molar-refractivity contribution in [2.45, 2.75) is 27.2 Å². The van der Waals surface area contributed by atoms with Gasteiger partial charge in [0.05, 0.1) is 0 Å². The fourth-order valence-corrected chi connectivity index (χ4v) is 0.700. The third kappa shape index (κ3) is 5.84. The van der Waals surface area contributed by atoms with Gasteiger partial charge in [-0.25, -0.2) is 6.08 Å². The fraction of sp³-hybridized carbons (Fsp3) is 0.625. The number of hydrogen-bond donors (Lipinski definition) is 0. The molecule has 0 amide bonds. The molecule has 0 unspecified atom stereocenters. The molecule has 0 aromatic carbocycles. The summed E-state index contributed by atoms with van der Waals surface area (Å²) in [6.07, 6.45) is 4.12. The summed E-state index contributed by atoms with van der Waals surface area (Å²) in [7, 11) is 0. The molecular formula is C8H14Cl3Zr-. The quantitative estimate of drug-likeness (QED) is 0.474. The van der Waals surface area contributed by atoms with E-state index in [1.807, 2.05) is 0 Å². The first-order valence-corrected chi connectivity index (χ1v) is 2.96. The molecule has 72 valence electrons. The summed E-state index contributed by atoms with van der Waals surface area (Å²) in [5.74, 6) is 0. The first-order valence-electron chi connectivity index (χ1n) is 2.96. The van der Waals surface area contributed by atoms with Crippen molar-refractivity contribution >= 4 is 37.2 Å². The monoisotopic (exact) mass is 305 g/mol. The van der Waals surface area contributed by atoms with Crippen molar-refractivity contribution in [2.75, 3.05) is 0 Å². The van der Waals surface area contributed by atoms with Crippen LogP contribution in [0.5, 0.6) is 0 Å². The van der Waals surface area contributed by atoms with E-state index in [4.69, 9.17) is 0 Å². The second kappa shape index (κ2) is 8.85. The van der Waals surface area contributed by atoms with Gasteiger partial charge in [-0.15, -0.1) is 50.6 Å². The summed E-state index contributed by atoms with van der Waals surface area (Å²) in [5, 5.41) is 0. The van der Waals surface area contributed by atoms with Crippen LogP contribution in [0, 0.1) is 11.5 Å². The first kappa shape index (κ1) is 23.3. The van der Waals surface area contributed by atoms with Crippen LogP contribution >= 0.6 is 37.2 Å². The Morgan fingerprint density at radius 3 is 1.75 bits per heavy atom. The van der Waals surface area contributed by atoms with Crippen LogP contribution < -0.4 is 0 Å². The van der Waals surface area contributed by atoms with Crippen LogP contribution in [0.3, 0.4) is 0 Å². The molecule has 12 heavy (non-hydrogen) atoms. The van der Waals surface area contributed by atoms with Gasteiger partial charge in [0.25, 0.3) is 0 Å². The molecule has 0 spiro atoms. The van der Waals surface area contributed by atoms with E-state index in [1.54, 1.807) is 0 Å². The maximum atomic E-state index is 3.08. The topological polar surface area (TPSA) is 0 Å². The third-order valence-corrected chi connectivity index (χ3v) is 1.82. The van der Waals surface area contributed by atoms with E-state index in [0.717, 1.165) is 6.42 Å². The molecule has 1 rings (SSSR count). The normalized spacial score (nSPS) is 15.8. The first-order chi connectivity index (χ1) is 3.63. The zero-order chi connectivity index (χ0) is 6.20. The van der Waals surface area contributed by atoms with Gasteiger partial charge in [0, 0.05) is 26.2 Å². The molecule has 0 heterocycles. The molecule has 1 aliphatic rings. The van der Waals surface area contributed by atoms with E-state index in [0.29, 0.717) is 5.41 Å². The van der Waals surface area contributed by atoms with Gasteiger partial charge in [-0.3, -0.25) is 0 Å². The second-order valence-corrected chi connectivity index (χ2v) is 2.99. The van der Waals surface area contributed by atoms with Crippen LogP contribution in [0.1, 0.15) is 27.2 Å². The standard InChI is InChI=1S/C8H11.3ClH.Zr/c1-7-5-4-6-8(7,2)3;;;;/h6H2,1-3H3;3*1H;/q-1;;;;. The molecule has 0 aliphatic heterocycles. The maximum Gasteiger partial charge on any atom is 0 e. The Kier molecular flexibility index (Phi) is 17.2. The Bertz CT molecular complexity index is 169. The van der Waals surface area contributed by atoms with Gasteiger partial charge in [-0.2, -0.15) is 5.57 Å². The molecule has 0 bridgehead atoms. The van der Waals surface area contributed by atoms with Gasteiger partial charge >= 0.3 is 0 Å². The Hall–Kier alpha value is 1.27. The predicted molar refractivity (Wildman–Crippen MR) is 56.1 cm³/mol. The molecule has 0 atom stereocenters. The zero-order valence-electron chi connectivity index (χ0n) is 7.43. The van der Waals surface area contributed by atoms with Crippen molar-refractivity contribution < 1.29 is 26.2 Å². The van der Waals surface area contributed by atoms with E-state index < -0.39 is 0 Å². The average Bonchev–Trinajstić information content (AvgIpc) is 1.86. The number of halogens is 3. The third-order valence-electron chi connectivity index (χ3n) is 1.82. The Morgan fingerprint density at radius 1 is 1.25 bits per heavy atom. The van der Waals surface area contributed by atoms with Gasteiger partial charge in [0.15, 0.2) is 0 Å². The molecule has 0 aromatic heterocycles. The molecule has 0 saturated carbocycles. The van der Waals surface area contributed by atoms with Crippen molar-refractivity contribution in [1.82, 2.24) is 0 Å². The van der Waals surface area contributed by atoms with Crippen LogP contribution in [-0.4, -0.2) is 0 Å². The molecule has 0 saturated heterocycles. The Balaban J connectivity index is -0.0000000800. The largest absolute Gasteiger partial charge is 0.332 e. The molecule has 0 nitrogen and oxygen atoms in total. The SMILES string of the molecule is CC1=C=[C-]CC1(C)C.Cl.Cl.Cl.[Zr]. The number of allylic oxidation sites excluding steroid dienone is 1. The average molecular weight is 308 g/mol. The van der Waals surface area contributed by atoms with Crippen molar-refractivity contribution in [3.05, 3.63) is 17.4 Å². The van der Waals surface area contributed by atoms with Crippen LogP contribution in [-0.2, 0) is 26.2 Å². The van der Waals surface area contributed by atoms with Gasteiger partial charge in [0.1, 0.15) is 0 Å². The Labute approximate surface area is 113 Å². The Morgan fingerprint density at radius 2 is 1.67 bits per heavy atom. The summed E-state index contributed by atoms with van der Waals surface area (Å²) in [5.41, 5.74) is 4.75. The fourth-order valence-electron chi connectivity index (χ4n) is 0.700. The van der Waals surface area contributed by atoms with Crippen molar-refractivity contribution in [1.29, 1.82) is 0 Å². The van der Waals surface area contributed by atoms with Crippen molar-refractivity contribution in [2.24, 2.45) is 5.41 Å². The van der Waals surface area contributed by atoms with Gasteiger partial charge in [-0.05, 0) is 0 Å². The van der Waals surface area contributed by atoms with E-state index in [-0.39, 0.29) is 63.4 Å². The summed E-state index contributed by atoms with van der Waals surface area (Å²) < 4.78 is 0. The van der Waals surface area contributed by atoms with Gasteiger partial charge < -0.3 is 5.73 Å². The number of rotatable bonds is 0. The second-order valence-electron chi connectivity index (χ2n) is 2.99. The van der Waals surface area contributed by atoms with E-state index >= 15 is 0 Å². The van der Waals surface area contributed by atoms with Crippen LogP contribution in [0.2, 0.25) is 0 Å². The zero-order valence-corrected chi connectivity index (χ0v) is 12.3. The molecule has 1 aliphatic carbocycles. The molecule has 0 N–H and O–H groups in total. The minimum absolute atomic E-state index is 0. The molecule has 0 radical (unpaired) electrons. The summed E-state index contributed by atoms with van der Waals surface area (Å²) in [4.78, 5) is 0. The van der Waals surface area contributed by atoms with Crippen LogP contribution in [0.25, 0.3) is 0 Å². The smallest absolute Gasteiger partial charge is 0 e. The van der Waals surface area contributed by atoms with E-state index in [1.165, 1.54) is 5.57 Å². The van der Waals surface area contributed by atoms with Gasteiger partial charge in [0.2, 0.25) is 0 Å². The van der Waals surface area contributed by atoms with Crippen LogP contribution in [0.15, 0.2) is 11.3 Å². The molecular weight excluding hydrogens is 294 g/mol. The minimum atomic E-state index is 0. The van der Waals surface area contributed by atoms with E-state index in [9.17, 15) is 0 Å². The molecule has 0 aromatic rings. The number of hydrogen-bond acceptors (Lipinski definition) is 0. The predicted octanol–water partition coefficient (Wildman–Crippen LogP) is 3.58. The maximum absolute atomic E-state index is 3.08. The van der Waals surface area contributed by atoms with E-state index in [2.05, 4.69) is 32.6 Å². The minimum Gasteiger partial charge on any atom is -0.332 e. The summed E-state index contributed by atoms with van der Waals surface area (Å²) in [6.45, 7) is 6.55. The van der Waals surface area contributed by atoms with Crippen molar-refractivity contribution in [3.63, 3.8) is 0 Å². The van der Waals surface area contributed by atoms with Crippen molar-refractivity contribution in [3.8, 4) is 0 Å². The molecule has 4 heteroatoms. The summed E-state index contributed by atoms with van der Waals surface area (Å²) in [6, 6.07) is 0. The molecule has 0 fully saturated rings. The van der Waals surface area contributed by atoms with Crippen LogP contribution in [0.4, 0.5) is 0 Å². The van der Waals surface area contributed by atoms with Gasteiger partial charge in [-0.1, -0.05) is 19.3 Å².